The lowest BCUT2D eigenvalue weighted by Crippen LogP contribution is -2.52. The second kappa shape index (κ2) is 7.66. The molecule has 1 aliphatic rings. The fourth-order valence-electron chi connectivity index (χ4n) is 3.48. The molecule has 0 aliphatic carbocycles. The van der Waals surface area contributed by atoms with E-state index in [9.17, 15) is 4.79 Å². The normalized spacial score (nSPS) is 15.6. The minimum absolute atomic E-state index is 0.0361. The summed E-state index contributed by atoms with van der Waals surface area (Å²) in [5.74, 6) is 0.762. The quantitative estimate of drug-likeness (QED) is 0.715. The Kier molecular flexibility index (Phi) is 4.92. The van der Waals surface area contributed by atoms with Gasteiger partial charge >= 0.3 is 0 Å². The van der Waals surface area contributed by atoms with Gasteiger partial charge in [-0.1, -0.05) is 30.3 Å². The molecule has 0 N–H and O–H groups in total. The van der Waals surface area contributed by atoms with Crippen LogP contribution in [0, 0.1) is 0 Å². The Balaban J connectivity index is 1.36. The van der Waals surface area contributed by atoms with E-state index in [0.29, 0.717) is 13.1 Å². The summed E-state index contributed by atoms with van der Waals surface area (Å²) in [4.78, 5) is 21.1. The first kappa shape index (κ1) is 17.3. The van der Waals surface area contributed by atoms with Crippen LogP contribution in [0.1, 0.15) is 6.92 Å². The lowest BCUT2D eigenvalue weighted by Gasteiger charge is -2.36. The molecule has 27 heavy (non-hydrogen) atoms. The van der Waals surface area contributed by atoms with E-state index >= 15 is 0 Å². The molecule has 2 heterocycles. The molecule has 0 radical (unpaired) electrons. The van der Waals surface area contributed by atoms with Gasteiger partial charge in [-0.05, 0) is 42.0 Å². The summed E-state index contributed by atoms with van der Waals surface area (Å²) in [6.07, 6.45) is 3.13. The van der Waals surface area contributed by atoms with Crippen molar-refractivity contribution < 1.29 is 9.53 Å². The Morgan fingerprint density at radius 2 is 1.78 bits per heavy atom. The Morgan fingerprint density at radius 1 is 1.00 bits per heavy atom. The zero-order valence-corrected chi connectivity index (χ0v) is 15.4. The van der Waals surface area contributed by atoms with Gasteiger partial charge in [0.1, 0.15) is 5.75 Å². The van der Waals surface area contributed by atoms with E-state index in [2.05, 4.69) is 22.0 Å². The number of hydrogen-bond donors (Lipinski definition) is 0. The van der Waals surface area contributed by atoms with Crippen LogP contribution in [0.3, 0.4) is 0 Å². The number of piperazine rings is 1. The molecule has 3 aromatic rings. The fourth-order valence-corrected chi connectivity index (χ4v) is 3.48. The van der Waals surface area contributed by atoms with Crippen molar-refractivity contribution in [2.24, 2.45) is 0 Å². The Bertz CT molecular complexity index is 921. The van der Waals surface area contributed by atoms with E-state index in [1.807, 2.05) is 60.5 Å². The number of fused-ring (bicyclic) bond motifs is 1. The van der Waals surface area contributed by atoms with Gasteiger partial charge in [0.2, 0.25) is 0 Å². The molecule has 5 nitrogen and oxygen atoms in total. The molecule has 1 aromatic heterocycles. The summed E-state index contributed by atoms with van der Waals surface area (Å²) < 4.78 is 5.93. The first-order valence-electron chi connectivity index (χ1n) is 9.30. The van der Waals surface area contributed by atoms with E-state index in [1.54, 1.807) is 6.20 Å². The van der Waals surface area contributed by atoms with Crippen molar-refractivity contribution in [3.8, 4) is 5.75 Å². The summed E-state index contributed by atoms with van der Waals surface area (Å²) in [6, 6.07) is 18.0. The highest BCUT2D eigenvalue weighted by molar-refractivity contribution is 5.84. The van der Waals surface area contributed by atoms with Gasteiger partial charge in [-0.25, -0.2) is 0 Å². The van der Waals surface area contributed by atoms with Crippen LogP contribution in [0.5, 0.6) is 5.75 Å². The van der Waals surface area contributed by atoms with Crippen LogP contribution < -0.4 is 9.64 Å². The Labute approximate surface area is 159 Å². The number of aromatic nitrogens is 1. The number of anilines is 1. The van der Waals surface area contributed by atoms with Crippen LogP contribution in [-0.2, 0) is 4.79 Å². The predicted octanol–water partition coefficient (Wildman–Crippen LogP) is 3.35. The topological polar surface area (TPSA) is 45.7 Å². The summed E-state index contributed by atoms with van der Waals surface area (Å²) in [6.45, 7) is 4.82. The van der Waals surface area contributed by atoms with Crippen molar-refractivity contribution in [3.63, 3.8) is 0 Å². The van der Waals surface area contributed by atoms with Crippen molar-refractivity contribution in [2.45, 2.75) is 13.0 Å². The van der Waals surface area contributed by atoms with Crippen molar-refractivity contribution in [2.75, 3.05) is 31.1 Å². The number of ether oxygens (including phenoxy) is 1. The predicted molar refractivity (Wildman–Crippen MR) is 107 cm³/mol. The summed E-state index contributed by atoms with van der Waals surface area (Å²) in [5, 5.41) is 2.27. The Morgan fingerprint density at radius 3 is 2.52 bits per heavy atom. The van der Waals surface area contributed by atoms with E-state index in [1.165, 1.54) is 0 Å². The lowest BCUT2D eigenvalue weighted by molar-refractivity contribution is -0.138. The third-order valence-electron chi connectivity index (χ3n) is 4.98. The van der Waals surface area contributed by atoms with Gasteiger partial charge in [0.15, 0.2) is 6.10 Å². The largest absolute Gasteiger partial charge is 0.481 e. The maximum atomic E-state index is 12.8. The minimum atomic E-state index is -0.504. The van der Waals surface area contributed by atoms with Crippen molar-refractivity contribution in [3.05, 3.63) is 67.0 Å². The van der Waals surface area contributed by atoms with Gasteiger partial charge in [-0.3, -0.25) is 9.78 Å². The molecular formula is C22H23N3O2. The first-order valence-corrected chi connectivity index (χ1v) is 9.30. The highest BCUT2D eigenvalue weighted by Crippen LogP contribution is 2.22. The van der Waals surface area contributed by atoms with E-state index in [4.69, 9.17) is 4.74 Å². The maximum absolute atomic E-state index is 12.8. The SMILES string of the molecule is C[C@@H](Oc1ccc2ccccc2c1)C(=O)N1CCN(c2cccnc2)CC1. The standard InChI is InChI=1S/C22H23N3O2/c1-17(27-21-9-8-18-5-2-3-6-19(18)15-21)22(26)25-13-11-24(12-14-25)20-7-4-10-23-16-20/h2-10,15-17H,11-14H2,1H3/t17-/m1/s1. The summed E-state index contributed by atoms with van der Waals surface area (Å²) in [5.41, 5.74) is 1.10. The molecule has 0 bridgehead atoms. The van der Waals surface area contributed by atoms with Crippen LogP contribution in [0.25, 0.3) is 10.8 Å². The van der Waals surface area contributed by atoms with Crippen molar-refractivity contribution in [1.82, 2.24) is 9.88 Å². The van der Waals surface area contributed by atoms with E-state index < -0.39 is 6.10 Å². The molecule has 1 aliphatic heterocycles. The molecule has 4 rings (SSSR count). The maximum Gasteiger partial charge on any atom is 0.263 e. The molecule has 2 aromatic carbocycles. The minimum Gasteiger partial charge on any atom is -0.481 e. The second-order valence-electron chi connectivity index (χ2n) is 6.79. The monoisotopic (exact) mass is 361 g/mol. The average molecular weight is 361 g/mol. The zero-order chi connectivity index (χ0) is 18.6. The van der Waals surface area contributed by atoms with Gasteiger partial charge in [0.05, 0.1) is 11.9 Å². The third kappa shape index (κ3) is 3.87. The molecule has 1 fully saturated rings. The summed E-state index contributed by atoms with van der Waals surface area (Å²) in [7, 11) is 0. The molecule has 0 spiro atoms. The molecule has 1 atom stereocenters. The van der Waals surface area contributed by atoms with Gasteiger partial charge in [0.25, 0.3) is 5.91 Å². The molecule has 5 heteroatoms. The van der Waals surface area contributed by atoms with E-state index in [0.717, 1.165) is 35.3 Å². The first-order chi connectivity index (χ1) is 13.2. The number of carbonyl (C=O) groups excluding carboxylic acids is 1. The summed E-state index contributed by atoms with van der Waals surface area (Å²) >= 11 is 0. The highest BCUT2D eigenvalue weighted by Gasteiger charge is 2.26. The molecule has 0 unspecified atom stereocenters. The molecule has 1 amide bonds. The fraction of sp³-hybridized carbons (Fsp3) is 0.273. The Hall–Kier alpha value is -3.08. The van der Waals surface area contributed by atoms with Gasteiger partial charge in [-0.15, -0.1) is 0 Å². The van der Waals surface area contributed by atoms with Gasteiger partial charge in [0, 0.05) is 32.4 Å². The van der Waals surface area contributed by atoms with Gasteiger partial charge in [-0.2, -0.15) is 0 Å². The van der Waals surface area contributed by atoms with E-state index in [-0.39, 0.29) is 5.91 Å². The van der Waals surface area contributed by atoms with Crippen LogP contribution in [-0.4, -0.2) is 48.1 Å². The molecule has 0 saturated carbocycles. The lowest BCUT2D eigenvalue weighted by atomic mass is 10.1. The van der Waals surface area contributed by atoms with Crippen LogP contribution in [0.4, 0.5) is 5.69 Å². The van der Waals surface area contributed by atoms with Crippen LogP contribution >= 0.6 is 0 Å². The highest BCUT2D eigenvalue weighted by atomic mass is 16.5. The third-order valence-corrected chi connectivity index (χ3v) is 4.98. The number of rotatable bonds is 4. The number of amides is 1. The van der Waals surface area contributed by atoms with Crippen molar-refractivity contribution >= 4 is 22.4 Å². The molecule has 1 saturated heterocycles. The smallest absolute Gasteiger partial charge is 0.263 e. The average Bonchev–Trinajstić information content (AvgIpc) is 2.74. The number of benzene rings is 2. The van der Waals surface area contributed by atoms with Crippen LogP contribution in [0.15, 0.2) is 67.0 Å². The molecule has 138 valence electrons. The van der Waals surface area contributed by atoms with Crippen molar-refractivity contribution in [1.29, 1.82) is 0 Å². The zero-order valence-electron chi connectivity index (χ0n) is 15.4. The number of carbonyl (C=O) groups is 1. The number of hydrogen-bond acceptors (Lipinski definition) is 4. The van der Waals surface area contributed by atoms with Gasteiger partial charge < -0.3 is 14.5 Å². The second-order valence-corrected chi connectivity index (χ2v) is 6.79. The number of nitrogens with zero attached hydrogens (tertiary/aromatic N) is 3. The number of pyridine rings is 1. The molecular weight excluding hydrogens is 338 g/mol. The van der Waals surface area contributed by atoms with Crippen LogP contribution in [0.2, 0.25) is 0 Å².